The second-order valence-electron chi connectivity index (χ2n) is 13.2. The Labute approximate surface area is 257 Å². The maximum absolute atomic E-state index is 14.7. The van der Waals surface area contributed by atoms with E-state index in [1.807, 2.05) is 117 Å². The molecule has 3 aromatic rings. The number of ether oxygens (including phenoxy) is 2. The molecule has 6 nitrogen and oxygen atoms in total. The first-order chi connectivity index (χ1) is 20.3. The second kappa shape index (κ2) is 13.4. The van der Waals surface area contributed by atoms with Crippen molar-refractivity contribution in [1.29, 1.82) is 0 Å². The summed E-state index contributed by atoms with van der Waals surface area (Å²) in [6.07, 6.45) is 1.83. The molecule has 7 heteroatoms. The fraction of sp³-hybridized carbons (Fsp3) is 0.389. The third-order valence-corrected chi connectivity index (χ3v) is 13.0. The number of carbonyl (C=O) groups excluding carboxylic acids is 2. The molecule has 3 aromatic carbocycles. The number of cyclic esters (lactones) is 1. The highest BCUT2D eigenvalue weighted by Crippen LogP contribution is 2.39. The highest BCUT2D eigenvalue weighted by molar-refractivity contribution is 6.74. The lowest BCUT2D eigenvalue weighted by atomic mass is 9.91. The molecule has 0 radical (unpaired) electrons. The molecule has 0 aromatic heterocycles. The Morgan fingerprint density at radius 3 is 2.02 bits per heavy atom. The zero-order valence-corrected chi connectivity index (χ0v) is 27.4. The molecule has 1 aliphatic rings. The highest BCUT2D eigenvalue weighted by Gasteiger charge is 2.53. The van der Waals surface area contributed by atoms with Gasteiger partial charge in [-0.25, -0.2) is 9.69 Å². The second-order valence-corrected chi connectivity index (χ2v) is 18.0. The lowest BCUT2D eigenvalue weighted by Crippen LogP contribution is -2.55. The van der Waals surface area contributed by atoms with Gasteiger partial charge in [-0.1, -0.05) is 124 Å². The Morgan fingerprint density at radius 2 is 1.47 bits per heavy atom. The summed E-state index contributed by atoms with van der Waals surface area (Å²) in [4.78, 5) is 29.4. The van der Waals surface area contributed by atoms with E-state index in [1.165, 1.54) is 4.90 Å². The van der Waals surface area contributed by atoms with Crippen LogP contribution in [0.3, 0.4) is 0 Å². The minimum atomic E-state index is -2.40. The van der Waals surface area contributed by atoms with Gasteiger partial charge < -0.3 is 13.9 Å². The van der Waals surface area contributed by atoms with Crippen LogP contribution in [0.25, 0.3) is 6.08 Å². The monoisotopic (exact) mass is 599 g/mol. The quantitative estimate of drug-likeness (QED) is 0.209. The Kier molecular flexibility index (Phi) is 10.1. The summed E-state index contributed by atoms with van der Waals surface area (Å²) < 4.78 is 19.2. The molecular weight excluding hydrogens is 554 g/mol. The first-order valence-electron chi connectivity index (χ1n) is 14.9. The van der Waals surface area contributed by atoms with Crippen molar-refractivity contribution in [3.05, 3.63) is 114 Å². The number of hydrogen-bond donors (Lipinski definition) is 0. The minimum Gasteiger partial charge on any atom is -0.441 e. The molecule has 0 unspecified atom stereocenters. The SMILES string of the molecule is CC1(C)OC(=O)N(C(=O)[C@@H](OCc2ccccc2)[C@@H](/C=C/c2ccccc2)O[Si](C)(C)C(C)(C)C)[C@H]1Cc1ccccc1. The van der Waals surface area contributed by atoms with Crippen molar-refractivity contribution in [2.45, 2.75) is 89.6 Å². The number of rotatable bonds is 11. The number of benzene rings is 3. The van der Waals surface area contributed by atoms with Crippen molar-refractivity contribution >= 4 is 26.4 Å². The molecule has 1 heterocycles. The van der Waals surface area contributed by atoms with Gasteiger partial charge in [-0.05, 0) is 55.1 Å². The molecule has 0 spiro atoms. The topological polar surface area (TPSA) is 65.1 Å². The maximum atomic E-state index is 14.7. The van der Waals surface area contributed by atoms with Gasteiger partial charge in [0.15, 0.2) is 14.4 Å². The zero-order chi connectivity index (χ0) is 31.3. The van der Waals surface area contributed by atoms with Crippen LogP contribution in [-0.4, -0.2) is 49.1 Å². The third kappa shape index (κ3) is 8.11. The van der Waals surface area contributed by atoms with Crippen molar-refractivity contribution in [2.75, 3.05) is 0 Å². The van der Waals surface area contributed by atoms with Crippen LogP contribution in [0.1, 0.15) is 51.3 Å². The van der Waals surface area contributed by atoms with Crippen LogP contribution in [0.4, 0.5) is 4.79 Å². The molecule has 0 N–H and O–H groups in total. The Hall–Kier alpha value is -3.52. The van der Waals surface area contributed by atoms with Crippen LogP contribution in [0, 0.1) is 0 Å². The van der Waals surface area contributed by atoms with Gasteiger partial charge in [0.1, 0.15) is 5.60 Å². The number of nitrogens with zero attached hydrogens (tertiary/aromatic N) is 1. The molecule has 1 fully saturated rings. The first kappa shape index (κ1) is 32.4. The first-order valence-corrected chi connectivity index (χ1v) is 17.9. The summed E-state index contributed by atoms with van der Waals surface area (Å²) >= 11 is 0. The van der Waals surface area contributed by atoms with Crippen LogP contribution in [0.15, 0.2) is 97.1 Å². The number of carbonyl (C=O) groups is 2. The molecule has 3 atom stereocenters. The lowest BCUT2D eigenvalue weighted by Gasteiger charge is -2.41. The molecule has 4 rings (SSSR count). The van der Waals surface area contributed by atoms with Crippen LogP contribution in [0.2, 0.25) is 18.1 Å². The molecule has 0 aliphatic carbocycles. The molecular formula is C36H45NO5Si. The fourth-order valence-corrected chi connectivity index (χ4v) is 6.13. The molecule has 228 valence electrons. The Bertz CT molecular complexity index is 1380. The third-order valence-electron chi connectivity index (χ3n) is 8.50. The van der Waals surface area contributed by atoms with Gasteiger partial charge in [0.25, 0.3) is 5.91 Å². The van der Waals surface area contributed by atoms with Crippen LogP contribution >= 0.6 is 0 Å². The van der Waals surface area contributed by atoms with Crippen molar-refractivity contribution in [2.24, 2.45) is 0 Å². The fourth-order valence-electron chi connectivity index (χ4n) is 4.89. The van der Waals surface area contributed by atoms with E-state index in [2.05, 4.69) is 33.9 Å². The summed E-state index contributed by atoms with van der Waals surface area (Å²) in [6, 6.07) is 28.9. The summed E-state index contributed by atoms with van der Waals surface area (Å²) in [5.41, 5.74) is 2.02. The molecule has 0 saturated carbocycles. The van der Waals surface area contributed by atoms with E-state index in [4.69, 9.17) is 13.9 Å². The predicted molar refractivity (Wildman–Crippen MR) is 174 cm³/mol. The summed E-state index contributed by atoms with van der Waals surface area (Å²) in [5.74, 6) is -0.464. The molecule has 1 aliphatic heterocycles. The van der Waals surface area contributed by atoms with E-state index in [9.17, 15) is 9.59 Å². The predicted octanol–water partition coefficient (Wildman–Crippen LogP) is 8.04. The van der Waals surface area contributed by atoms with Gasteiger partial charge in [0, 0.05) is 0 Å². The van der Waals surface area contributed by atoms with Gasteiger partial charge in [0.05, 0.1) is 18.8 Å². The van der Waals surface area contributed by atoms with E-state index in [0.717, 1.165) is 16.7 Å². The smallest absolute Gasteiger partial charge is 0.417 e. The lowest BCUT2D eigenvalue weighted by molar-refractivity contribution is -0.148. The Balaban J connectivity index is 1.76. The number of amides is 2. The standard InChI is InChI=1S/C36H45NO5Si/c1-35(2,3)43(6,7)42-30(24-23-27-17-11-8-12-18-27)32(40-26-29-21-15-10-16-22-29)33(38)37-31(36(4,5)41-34(37)39)25-28-19-13-9-14-20-28/h8-24,30-32H,25-26H2,1-7H3/b24-23+/t30-,31+,32+/m1/s1. The number of imide groups is 1. The van der Waals surface area contributed by atoms with E-state index < -0.39 is 44.2 Å². The van der Waals surface area contributed by atoms with Gasteiger partial charge in [-0.15, -0.1) is 0 Å². The van der Waals surface area contributed by atoms with Crippen LogP contribution in [0.5, 0.6) is 0 Å². The van der Waals surface area contributed by atoms with E-state index >= 15 is 0 Å². The normalized spacial score (nSPS) is 18.4. The van der Waals surface area contributed by atoms with Gasteiger partial charge in [-0.3, -0.25) is 4.79 Å². The summed E-state index contributed by atoms with van der Waals surface area (Å²) in [7, 11) is -2.40. The van der Waals surface area contributed by atoms with Crippen molar-refractivity contribution in [3.63, 3.8) is 0 Å². The number of hydrogen-bond acceptors (Lipinski definition) is 5. The minimum absolute atomic E-state index is 0.122. The van der Waals surface area contributed by atoms with E-state index in [-0.39, 0.29) is 11.6 Å². The van der Waals surface area contributed by atoms with E-state index in [1.54, 1.807) is 0 Å². The molecule has 43 heavy (non-hydrogen) atoms. The Morgan fingerprint density at radius 1 is 0.930 bits per heavy atom. The zero-order valence-electron chi connectivity index (χ0n) is 26.4. The molecule has 1 saturated heterocycles. The van der Waals surface area contributed by atoms with Gasteiger partial charge in [-0.2, -0.15) is 0 Å². The van der Waals surface area contributed by atoms with Crippen molar-refractivity contribution in [3.8, 4) is 0 Å². The average molecular weight is 600 g/mol. The van der Waals surface area contributed by atoms with Gasteiger partial charge in [0.2, 0.25) is 0 Å². The van der Waals surface area contributed by atoms with Gasteiger partial charge >= 0.3 is 6.09 Å². The maximum Gasteiger partial charge on any atom is 0.417 e. The van der Waals surface area contributed by atoms with Crippen LogP contribution in [-0.2, 0) is 31.7 Å². The summed E-state index contributed by atoms with van der Waals surface area (Å²) in [5, 5.41) is -0.122. The average Bonchev–Trinajstić information content (AvgIpc) is 3.19. The molecule has 2 amide bonds. The van der Waals surface area contributed by atoms with Crippen LogP contribution < -0.4 is 0 Å². The largest absolute Gasteiger partial charge is 0.441 e. The van der Waals surface area contributed by atoms with Crippen molar-refractivity contribution in [1.82, 2.24) is 4.90 Å². The van der Waals surface area contributed by atoms with Crippen molar-refractivity contribution < 1.29 is 23.5 Å². The highest BCUT2D eigenvalue weighted by atomic mass is 28.4. The summed E-state index contributed by atoms with van der Waals surface area (Å²) in [6.45, 7) is 14.7. The molecule has 0 bridgehead atoms. The van der Waals surface area contributed by atoms with E-state index in [0.29, 0.717) is 6.42 Å².